The highest BCUT2D eigenvalue weighted by molar-refractivity contribution is 6.33. The number of hydrogen-bond donors (Lipinski definition) is 1. The number of nitrogens with zero attached hydrogens (tertiary/aromatic N) is 3. The summed E-state index contributed by atoms with van der Waals surface area (Å²) in [5.41, 5.74) is 6.88. The van der Waals surface area contributed by atoms with Gasteiger partial charge in [0, 0.05) is 12.1 Å². The first-order valence-electron chi connectivity index (χ1n) is 4.40. The van der Waals surface area contributed by atoms with Gasteiger partial charge in [-0.05, 0) is 6.07 Å². The smallest absolute Gasteiger partial charge is 0.185 e. The Hall–Kier alpha value is -1.29. The van der Waals surface area contributed by atoms with Crippen molar-refractivity contribution in [2.75, 3.05) is 5.73 Å². The number of fused-ring (bicyclic) bond motifs is 1. The molecule has 0 bridgehead atoms. The third-order valence-corrected chi connectivity index (χ3v) is 2.44. The zero-order chi connectivity index (χ0) is 10.3. The van der Waals surface area contributed by atoms with E-state index >= 15 is 0 Å². The highest BCUT2D eigenvalue weighted by Gasteiger charge is 2.12. The minimum atomic E-state index is 0.311. The number of nitrogens with two attached hydrogens (primary N) is 1. The summed E-state index contributed by atoms with van der Waals surface area (Å²) in [5.74, 6) is 1.20. The van der Waals surface area contributed by atoms with Crippen molar-refractivity contribution in [3.05, 3.63) is 23.1 Å². The second-order valence-electron chi connectivity index (χ2n) is 3.48. The monoisotopic (exact) mass is 210 g/mol. The Morgan fingerprint density at radius 3 is 2.79 bits per heavy atom. The summed E-state index contributed by atoms with van der Waals surface area (Å²) in [4.78, 5) is 0. The zero-order valence-corrected chi connectivity index (χ0v) is 8.78. The molecule has 4 nitrogen and oxygen atoms in total. The van der Waals surface area contributed by atoms with Gasteiger partial charge in [0.15, 0.2) is 5.65 Å². The van der Waals surface area contributed by atoms with E-state index in [0.29, 0.717) is 22.3 Å². The van der Waals surface area contributed by atoms with Gasteiger partial charge < -0.3 is 5.73 Å². The van der Waals surface area contributed by atoms with Crippen LogP contribution >= 0.6 is 11.6 Å². The fraction of sp³-hybridized carbons (Fsp3) is 0.333. The van der Waals surface area contributed by atoms with Gasteiger partial charge in [-0.15, -0.1) is 10.2 Å². The van der Waals surface area contributed by atoms with Gasteiger partial charge in [-0.2, -0.15) is 0 Å². The Balaban J connectivity index is 2.77. The average Bonchev–Trinajstić information content (AvgIpc) is 2.55. The molecule has 2 heterocycles. The van der Waals surface area contributed by atoms with Crippen molar-refractivity contribution < 1.29 is 0 Å². The van der Waals surface area contributed by atoms with Gasteiger partial charge in [0.25, 0.3) is 0 Å². The molecular formula is C9H11ClN4. The van der Waals surface area contributed by atoms with Crippen molar-refractivity contribution in [3.8, 4) is 0 Å². The number of pyridine rings is 1. The number of anilines is 1. The van der Waals surface area contributed by atoms with E-state index in [-0.39, 0.29) is 0 Å². The summed E-state index contributed by atoms with van der Waals surface area (Å²) in [5, 5.41) is 8.59. The molecule has 0 aliphatic heterocycles. The number of hydrogen-bond acceptors (Lipinski definition) is 3. The molecule has 5 heteroatoms. The molecular weight excluding hydrogens is 200 g/mol. The molecule has 0 aromatic carbocycles. The lowest BCUT2D eigenvalue weighted by molar-refractivity contribution is 0.759. The van der Waals surface area contributed by atoms with Crippen molar-refractivity contribution in [1.82, 2.24) is 14.6 Å². The summed E-state index contributed by atoms with van der Waals surface area (Å²) in [6, 6.07) is 1.75. The Bertz CT molecular complexity index is 475. The standard InChI is InChI=1S/C9H11ClN4/c1-5(2)8-12-13-9-7(11)6(10)3-4-14(8)9/h3-5H,11H2,1-2H3. The van der Waals surface area contributed by atoms with Crippen LogP contribution in [0.2, 0.25) is 5.02 Å². The van der Waals surface area contributed by atoms with Crippen LogP contribution in [0.5, 0.6) is 0 Å². The van der Waals surface area contributed by atoms with Crippen LogP contribution in [0.1, 0.15) is 25.6 Å². The molecule has 2 aromatic heterocycles. The molecule has 0 saturated heterocycles. The minimum Gasteiger partial charge on any atom is -0.394 e. The fourth-order valence-corrected chi connectivity index (χ4v) is 1.51. The number of aromatic nitrogens is 3. The highest BCUT2D eigenvalue weighted by atomic mass is 35.5. The van der Waals surface area contributed by atoms with Gasteiger partial charge in [-0.3, -0.25) is 4.40 Å². The molecule has 0 aliphatic rings. The van der Waals surface area contributed by atoms with Gasteiger partial charge in [0.1, 0.15) is 5.82 Å². The van der Waals surface area contributed by atoms with E-state index in [1.54, 1.807) is 6.07 Å². The van der Waals surface area contributed by atoms with Gasteiger partial charge in [-0.1, -0.05) is 25.4 Å². The molecule has 0 fully saturated rings. The van der Waals surface area contributed by atoms with Crippen LogP contribution in [0.4, 0.5) is 5.69 Å². The van der Waals surface area contributed by atoms with E-state index in [9.17, 15) is 0 Å². The maximum atomic E-state index is 5.87. The van der Waals surface area contributed by atoms with E-state index in [0.717, 1.165) is 5.82 Å². The van der Waals surface area contributed by atoms with Crippen LogP contribution in [-0.2, 0) is 0 Å². The lowest BCUT2D eigenvalue weighted by Gasteiger charge is -2.04. The van der Waals surface area contributed by atoms with E-state index in [4.69, 9.17) is 17.3 Å². The number of rotatable bonds is 1. The predicted molar refractivity (Wildman–Crippen MR) is 56.5 cm³/mol. The predicted octanol–water partition coefficient (Wildman–Crippen LogP) is 2.09. The maximum absolute atomic E-state index is 5.87. The first-order valence-corrected chi connectivity index (χ1v) is 4.77. The molecule has 0 aliphatic carbocycles. The quantitative estimate of drug-likeness (QED) is 0.784. The Kier molecular flexibility index (Phi) is 2.07. The molecule has 2 aromatic rings. The summed E-state index contributed by atoms with van der Waals surface area (Å²) < 4.78 is 1.87. The molecule has 0 saturated carbocycles. The largest absolute Gasteiger partial charge is 0.394 e. The second-order valence-corrected chi connectivity index (χ2v) is 3.89. The number of nitrogen functional groups attached to an aromatic ring is 1. The lowest BCUT2D eigenvalue weighted by Crippen LogP contribution is -1.98. The van der Waals surface area contributed by atoms with Crippen molar-refractivity contribution in [2.45, 2.75) is 19.8 Å². The highest BCUT2D eigenvalue weighted by Crippen LogP contribution is 2.24. The summed E-state index contributed by atoms with van der Waals surface area (Å²) in [6.45, 7) is 4.11. The normalized spacial score (nSPS) is 11.4. The first kappa shape index (κ1) is 9.27. The molecule has 74 valence electrons. The average molecular weight is 211 g/mol. The molecule has 0 amide bonds. The van der Waals surface area contributed by atoms with E-state index in [1.807, 2.05) is 10.6 Å². The first-order chi connectivity index (χ1) is 6.61. The summed E-state index contributed by atoms with van der Waals surface area (Å²) >= 11 is 5.87. The molecule has 0 spiro atoms. The fourth-order valence-electron chi connectivity index (χ4n) is 1.36. The summed E-state index contributed by atoms with van der Waals surface area (Å²) in [7, 11) is 0. The van der Waals surface area contributed by atoms with Gasteiger partial charge in [0.2, 0.25) is 0 Å². The Morgan fingerprint density at radius 2 is 2.14 bits per heavy atom. The van der Waals surface area contributed by atoms with Crippen LogP contribution < -0.4 is 5.73 Å². The third-order valence-electron chi connectivity index (χ3n) is 2.11. The van der Waals surface area contributed by atoms with Crippen LogP contribution in [0.25, 0.3) is 5.65 Å². The Morgan fingerprint density at radius 1 is 1.43 bits per heavy atom. The van der Waals surface area contributed by atoms with Crippen molar-refractivity contribution in [1.29, 1.82) is 0 Å². The van der Waals surface area contributed by atoms with Crippen LogP contribution in [-0.4, -0.2) is 14.6 Å². The van der Waals surface area contributed by atoms with Crippen molar-refractivity contribution in [2.24, 2.45) is 0 Å². The minimum absolute atomic E-state index is 0.311. The lowest BCUT2D eigenvalue weighted by atomic mass is 10.2. The van der Waals surface area contributed by atoms with Crippen LogP contribution in [0.15, 0.2) is 12.3 Å². The van der Waals surface area contributed by atoms with Crippen molar-refractivity contribution in [3.63, 3.8) is 0 Å². The molecule has 0 atom stereocenters. The topological polar surface area (TPSA) is 56.2 Å². The van der Waals surface area contributed by atoms with Gasteiger partial charge >= 0.3 is 0 Å². The molecule has 2 N–H and O–H groups in total. The van der Waals surface area contributed by atoms with Gasteiger partial charge in [0.05, 0.1) is 10.7 Å². The zero-order valence-electron chi connectivity index (χ0n) is 8.03. The van der Waals surface area contributed by atoms with Crippen LogP contribution in [0, 0.1) is 0 Å². The second kappa shape index (κ2) is 3.13. The van der Waals surface area contributed by atoms with Crippen molar-refractivity contribution >= 4 is 22.9 Å². The Labute approximate surface area is 86.7 Å². The molecule has 14 heavy (non-hydrogen) atoms. The molecule has 0 radical (unpaired) electrons. The SMILES string of the molecule is CC(C)c1nnc2c(N)c(Cl)ccn12. The van der Waals surface area contributed by atoms with E-state index in [1.165, 1.54) is 0 Å². The third kappa shape index (κ3) is 1.23. The van der Waals surface area contributed by atoms with E-state index < -0.39 is 0 Å². The molecule has 0 unspecified atom stereocenters. The summed E-state index contributed by atoms with van der Waals surface area (Å²) in [6.07, 6.45) is 1.84. The van der Waals surface area contributed by atoms with Crippen LogP contribution in [0.3, 0.4) is 0 Å². The number of halogens is 1. The maximum Gasteiger partial charge on any atom is 0.185 e. The molecule has 2 rings (SSSR count). The van der Waals surface area contributed by atoms with Gasteiger partial charge in [-0.25, -0.2) is 0 Å². The van der Waals surface area contributed by atoms with E-state index in [2.05, 4.69) is 24.0 Å².